The van der Waals surface area contributed by atoms with Crippen molar-refractivity contribution in [1.29, 1.82) is 0 Å². The Morgan fingerprint density at radius 2 is 1.58 bits per heavy atom. The second-order valence-corrected chi connectivity index (χ2v) is 6.42. The summed E-state index contributed by atoms with van der Waals surface area (Å²) in [5, 5.41) is 0. The van der Waals surface area contributed by atoms with E-state index >= 15 is 0 Å². The van der Waals surface area contributed by atoms with E-state index in [1.807, 2.05) is 6.92 Å². The van der Waals surface area contributed by atoms with Gasteiger partial charge < -0.3 is 19.8 Å². The summed E-state index contributed by atoms with van der Waals surface area (Å²) in [5.41, 5.74) is 7.33. The lowest BCUT2D eigenvalue weighted by atomic mass is 9.75. The fraction of sp³-hybridized carbons (Fsp3) is 0.579. The number of ether oxygens (including phenoxy) is 1. The first kappa shape index (κ1) is 22.9. The van der Waals surface area contributed by atoms with Gasteiger partial charge in [-0.05, 0) is 59.6 Å². The first-order chi connectivity index (χ1) is 11.3. The molecule has 136 valence electrons. The van der Waals surface area contributed by atoms with Crippen LogP contribution in [0.2, 0.25) is 0 Å². The molecule has 0 bridgehead atoms. The molecule has 5 heteroatoms. The zero-order valence-corrected chi connectivity index (χ0v) is 16.4. The van der Waals surface area contributed by atoms with Crippen LogP contribution in [-0.2, 0) is 20.7 Å². The van der Waals surface area contributed by atoms with Gasteiger partial charge >= 0.3 is 7.12 Å². The molecule has 1 fully saturated rings. The van der Waals surface area contributed by atoms with E-state index in [4.69, 9.17) is 14.0 Å². The van der Waals surface area contributed by atoms with E-state index in [0.717, 1.165) is 17.6 Å². The lowest BCUT2D eigenvalue weighted by molar-refractivity contribution is 0.00578. The predicted octanol–water partition coefficient (Wildman–Crippen LogP) is 3.21. The Morgan fingerprint density at radius 1 is 1.08 bits per heavy atom. The van der Waals surface area contributed by atoms with Gasteiger partial charge in [-0.1, -0.05) is 23.8 Å². The van der Waals surface area contributed by atoms with Crippen LogP contribution < -0.4 is 11.2 Å². The molecule has 0 amide bonds. The summed E-state index contributed by atoms with van der Waals surface area (Å²) in [7, 11) is 1.20. The van der Waals surface area contributed by atoms with Crippen molar-refractivity contribution in [2.24, 2.45) is 5.73 Å². The standard InChI is InChI=1S/C16H25BO3.C2H4.CH5N/c1-7-18-11-13-9-8-12(2)14(10-13)17-19-15(3,4)16(5,6)20-17;2*1-2/h8-10H,7,11H2,1-6H3;1-2H2;2H2,1H3. The van der Waals surface area contributed by atoms with E-state index in [9.17, 15) is 0 Å². The Hall–Kier alpha value is -1.14. The number of rotatable bonds is 4. The maximum absolute atomic E-state index is 6.13. The van der Waals surface area contributed by atoms with E-state index < -0.39 is 0 Å². The molecule has 2 rings (SSSR count). The Balaban J connectivity index is 0.00000123. The zero-order valence-electron chi connectivity index (χ0n) is 16.4. The number of aryl methyl sites for hydroxylation is 1. The van der Waals surface area contributed by atoms with Gasteiger partial charge in [-0.25, -0.2) is 0 Å². The Bertz CT molecular complexity index is 487. The topological polar surface area (TPSA) is 53.7 Å². The molecule has 1 saturated heterocycles. The summed E-state index contributed by atoms with van der Waals surface area (Å²) >= 11 is 0. The minimum atomic E-state index is -0.306. The molecule has 0 saturated carbocycles. The Labute approximate surface area is 148 Å². The van der Waals surface area contributed by atoms with Gasteiger partial charge in [0.2, 0.25) is 0 Å². The molecule has 0 aliphatic carbocycles. The van der Waals surface area contributed by atoms with Crippen molar-refractivity contribution < 1.29 is 14.0 Å². The molecule has 1 aromatic carbocycles. The molecule has 0 spiro atoms. The van der Waals surface area contributed by atoms with Crippen molar-refractivity contribution >= 4 is 12.6 Å². The maximum atomic E-state index is 6.13. The third kappa shape index (κ3) is 5.45. The highest BCUT2D eigenvalue weighted by Crippen LogP contribution is 2.36. The fourth-order valence-electron chi connectivity index (χ4n) is 2.22. The van der Waals surface area contributed by atoms with Gasteiger partial charge in [0.25, 0.3) is 0 Å². The normalized spacial score (nSPS) is 17.4. The van der Waals surface area contributed by atoms with Gasteiger partial charge in [-0.2, -0.15) is 0 Å². The lowest BCUT2D eigenvalue weighted by Gasteiger charge is -2.32. The molecule has 0 radical (unpaired) electrons. The third-order valence-electron chi connectivity index (χ3n) is 4.32. The molecule has 2 N–H and O–H groups in total. The first-order valence-electron chi connectivity index (χ1n) is 8.37. The highest BCUT2D eigenvalue weighted by atomic mass is 16.7. The largest absolute Gasteiger partial charge is 0.495 e. The van der Waals surface area contributed by atoms with Crippen LogP contribution in [0.15, 0.2) is 31.4 Å². The third-order valence-corrected chi connectivity index (χ3v) is 4.32. The van der Waals surface area contributed by atoms with Crippen LogP contribution in [-0.4, -0.2) is 32.0 Å². The average Bonchev–Trinajstić information content (AvgIpc) is 2.78. The maximum Gasteiger partial charge on any atom is 0.495 e. The summed E-state index contributed by atoms with van der Waals surface area (Å²) in [5.74, 6) is 0. The minimum absolute atomic E-state index is 0.304. The molecule has 0 unspecified atom stereocenters. The molecule has 1 aliphatic heterocycles. The summed E-state index contributed by atoms with van der Waals surface area (Å²) in [6.07, 6.45) is 0. The molecule has 0 aromatic heterocycles. The van der Waals surface area contributed by atoms with Gasteiger partial charge in [0.05, 0.1) is 17.8 Å². The molecule has 1 aromatic rings. The van der Waals surface area contributed by atoms with Crippen molar-refractivity contribution in [3.63, 3.8) is 0 Å². The van der Waals surface area contributed by atoms with Crippen LogP contribution in [0.25, 0.3) is 0 Å². The number of nitrogens with two attached hydrogens (primary N) is 1. The Kier molecular flexibility index (Phi) is 9.52. The van der Waals surface area contributed by atoms with Crippen LogP contribution in [0.5, 0.6) is 0 Å². The van der Waals surface area contributed by atoms with E-state index in [0.29, 0.717) is 6.61 Å². The average molecular weight is 335 g/mol. The molecule has 24 heavy (non-hydrogen) atoms. The zero-order chi connectivity index (χ0) is 19.0. The van der Waals surface area contributed by atoms with Crippen LogP contribution in [0.4, 0.5) is 0 Å². The van der Waals surface area contributed by atoms with Crippen LogP contribution in [0.3, 0.4) is 0 Å². The smallest absolute Gasteiger partial charge is 0.399 e. The van der Waals surface area contributed by atoms with Crippen LogP contribution >= 0.6 is 0 Å². The number of hydrogen-bond donors (Lipinski definition) is 1. The van der Waals surface area contributed by atoms with Gasteiger partial charge in [-0.15, -0.1) is 13.2 Å². The summed E-state index contributed by atoms with van der Waals surface area (Å²) < 4.78 is 17.7. The summed E-state index contributed by atoms with van der Waals surface area (Å²) in [4.78, 5) is 0. The number of benzene rings is 1. The van der Waals surface area contributed by atoms with Gasteiger partial charge in [0.15, 0.2) is 0 Å². The van der Waals surface area contributed by atoms with Crippen molar-refractivity contribution in [1.82, 2.24) is 0 Å². The van der Waals surface area contributed by atoms with Crippen LogP contribution in [0, 0.1) is 6.92 Å². The van der Waals surface area contributed by atoms with Crippen molar-refractivity contribution in [3.8, 4) is 0 Å². The molecular weight excluding hydrogens is 301 g/mol. The van der Waals surface area contributed by atoms with E-state index in [1.165, 1.54) is 12.6 Å². The minimum Gasteiger partial charge on any atom is -0.399 e. The fourth-order valence-corrected chi connectivity index (χ4v) is 2.22. The highest BCUT2D eigenvalue weighted by Gasteiger charge is 2.52. The van der Waals surface area contributed by atoms with Crippen molar-refractivity contribution in [3.05, 3.63) is 42.5 Å². The summed E-state index contributed by atoms with van der Waals surface area (Å²) in [6, 6.07) is 6.33. The van der Waals surface area contributed by atoms with Crippen LogP contribution in [0.1, 0.15) is 45.7 Å². The van der Waals surface area contributed by atoms with Crippen molar-refractivity contribution in [2.45, 2.75) is 59.4 Å². The van der Waals surface area contributed by atoms with E-state index in [1.54, 1.807) is 0 Å². The van der Waals surface area contributed by atoms with Gasteiger partial charge in [-0.3, -0.25) is 0 Å². The molecule has 0 atom stereocenters. The summed E-state index contributed by atoms with van der Waals surface area (Å²) in [6.45, 7) is 19.7. The highest BCUT2D eigenvalue weighted by molar-refractivity contribution is 6.62. The molecular formula is C19H34BNO3. The molecule has 1 aliphatic rings. The van der Waals surface area contributed by atoms with Crippen molar-refractivity contribution in [2.75, 3.05) is 13.7 Å². The predicted molar refractivity (Wildman–Crippen MR) is 104 cm³/mol. The second kappa shape index (κ2) is 9.99. The van der Waals surface area contributed by atoms with Gasteiger partial charge in [0, 0.05) is 6.61 Å². The van der Waals surface area contributed by atoms with Gasteiger partial charge in [0.1, 0.15) is 0 Å². The molecule has 1 heterocycles. The number of hydrogen-bond acceptors (Lipinski definition) is 4. The monoisotopic (exact) mass is 335 g/mol. The first-order valence-corrected chi connectivity index (χ1v) is 8.37. The van der Waals surface area contributed by atoms with E-state index in [2.05, 4.69) is 71.7 Å². The lowest BCUT2D eigenvalue weighted by Crippen LogP contribution is -2.41. The quantitative estimate of drug-likeness (QED) is 0.678. The van der Waals surface area contributed by atoms with E-state index in [-0.39, 0.29) is 18.3 Å². The second-order valence-electron chi connectivity index (χ2n) is 6.42. The Morgan fingerprint density at radius 3 is 2.04 bits per heavy atom. The molecule has 4 nitrogen and oxygen atoms in total. The SMILES string of the molecule is C=C.CCOCc1ccc(C)c(B2OC(C)(C)C(C)(C)O2)c1.CN.